The van der Waals surface area contributed by atoms with Crippen molar-refractivity contribution in [2.45, 2.75) is 76.1 Å². The Hall–Kier alpha value is -2.65. The van der Waals surface area contributed by atoms with Gasteiger partial charge in [0.05, 0.1) is 13.2 Å². The summed E-state index contributed by atoms with van der Waals surface area (Å²) in [6, 6.07) is 4.97. The summed E-state index contributed by atoms with van der Waals surface area (Å²) >= 11 is 0. The van der Waals surface area contributed by atoms with Crippen LogP contribution in [-0.2, 0) is 14.4 Å². The van der Waals surface area contributed by atoms with Crippen LogP contribution in [0.4, 0.5) is 0 Å². The van der Waals surface area contributed by atoms with Crippen LogP contribution in [0.5, 0.6) is 5.75 Å². The first kappa shape index (κ1) is 26.9. The van der Waals surface area contributed by atoms with Crippen molar-refractivity contribution in [1.29, 1.82) is 0 Å². The molecule has 1 aliphatic carbocycles. The Morgan fingerprint density at radius 2 is 1.86 bits per heavy atom. The standard InChI is InChI=1S/C26H40N4O5/c1-16(31)24(26(34)28-2)29-25(33)21-13-18(17-9-5-4-6-10-17)15-30(21)23(32)14-20(27)19-11-7-8-12-22(19)35-3/h7-8,11-12,16-18,20-21,24,31H,4-6,9-10,13-15,27H2,1-3H3,(H,28,34)(H,29,33)/t16?,18?,20?,21-,24-/m0/s1. The van der Waals surface area contributed by atoms with Crippen molar-refractivity contribution in [2.24, 2.45) is 17.6 Å². The summed E-state index contributed by atoms with van der Waals surface area (Å²) in [6.45, 7) is 1.95. The van der Waals surface area contributed by atoms with Gasteiger partial charge in [0.25, 0.3) is 0 Å². The van der Waals surface area contributed by atoms with Crippen LogP contribution >= 0.6 is 0 Å². The van der Waals surface area contributed by atoms with Crippen LogP contribution in [-0.4, -0.2) is 66.6 Å². The van der Waals surface area contributed by atoms with Gasteiger partial charge < -0.3 is 31.1 Å². The first-order valence-electron chi connectivity index (χ1n) is 12.6. The van der Waals surface area contributed by atoms with E-state index in [0.717, 1.165) is 18.4 Å². The maximum atomic E-state index is 13.5. The highest BCUT2D eigenvalue weighted by Crippen LogP contribution is 2.38. The molecule has 0 bridgehead atoms. The first-order chi connectivity index (χ1) is 16.8. The van der Waals surface area contributed by atoms with Gasteiger partial charge in [-0.2, -0.15) is 0 Å². The third-order valence-corrected chi connectivity index (χ3v) is 7.51. The van der Waals surface area contributed by atoms with E-state index in [9.17, 15) is 19.5 Å². The van der Waals surface area contributed by atoms with Crippen LogP contribution in [0.1, 0.15) is 63.5 Å². The number of nitrogens with zero attached hydrogens (tertiary/aromatic N) is 1. The molecule has 35 heavy (non-hydrogen) atoms. The zero-order valence-electron chi connectivity index (χ0n) is 21.0. The van der Waals surface area contributed by atoms with Gasteiger partial charge in [-0.1, -0.05) is 50.3 Å². The fraction of sp³-hybridized carbons (Fsp3) is 0.654. The molecule has 2 aliphatic rings. The van der Waals surface area contributed by atoms with Gasteiger partial charge in [0.1, 0.15) is 17.8 Å². The molecule has 2 fully saturated rings. The van der Waals surface area contributed by atoms with Crippen molar-refractivity contribution in [3.63, 3.8) is 0 Å². The van der Waals surface area contributed by atoms with Crippen molar-refractivity contribution in [1.82, 2.24) is 15.5 Å². The topological polar surface area (TPSA) is 134 Å². The number of methoxy groups -OCH3 is 1. The van der Waals surface area contributed by atoms with Gasteiger partial charge in [-0.15, -0.1) is 0 Å². The number of carbonyl (C=O) groups excluding carboxylic acids is 3. The zero-order chi connectivity index (χ0) is 25.5. The molecule has 5 N–H and O–H groups in total. The second-order valence-corrected chi connectivity index (χ2v) is 9.85. The van der Waals surface area contributed by atoms with E-state index in [0.29, 0.717) is 24.6 Å². The molecule has 9 nitrogen and oxygen atoms in total. The Kier molecular flexibility index (Phi) is 9.51. The maximum Gasteiger partial charge on any atom is 0.245 e. The molecule has 1 saturated heterocycles. The van der Waals surface area contributed by atoms with Crippen LogP contribution in [0.2, 0.25) is 0 Å². The van der Waals surface area contributed by atoms with E-state index in [1.54, 1.807) is 18.1 Å². The fourth-order valence-electron chi connectivity index (χ4n) is 5.54. The van der Waals surface area contributed by atoms with Gasteiger partial charge in [0.15, 0.2) is 0 Å². The van der Waals surface area contributed by atoms with Crippen LogP contribution < -0.4 is 21.1 Å². The number of hydrogen-bond donors (Lipinski definition) is 4. The van der Waals surface area contributed by atoms with Crippen molar-refractivity contribution in [3.05, 3.63) is 29.8 Å². The second-order valence-electron chi connectivity index (χ2n) is 9.85. The van der Waals surface area contributed by atoms with E-state index in [1.807, 2.05) is 18.2 Å². The number of nitrogens with one attached hydrogen (secondary N) is 2. The lowest BCUT2D eigenvalue weighted by Crippen LogP contribution is -2.56. The number of hydrogen-bond acceptors (Lipinski definition) is 6. The predicted molar refractivity (Wildman–Crippen MR) is 132 cm³/mol. The van der Waals surface area contributed by atoms with Crippen molar-refractivity contribution in [3.8, 4) is 5.75 Å². The van der Waals surface area contributed by atoms with E-state index in [1.165, 1.54) is 33.2 Å². The first-order valence-corrected chi connectivity index (χ1v) is 12.6. The molecule has 3 amide bonds. The Balaban J connectivity index is 1.78. The van der Waals surface area contributed by atoms with E-state index < -0.39 is 36.0 Å². The normalized spacial score (nSPS) is 23.3. The Labute approximate surface area is 207 Å². The number of likely N-dealkylation sites (tertiary alicyclic amines) is 1. The predicted octanol–water partition coefficient (Wildman–Crippen LogP) is 1.49. The van der Waals surface area contributed by atoms with Gasteiger partial charge in [0.2, 0.25) is 17.7 Å². The zero-order valence-corrected chi connectivity index (χ0v) is 21.0. The van der Waals surface area contributed by atoms with Gasteiger partial charge >= 0.3 is 0 Å². The van der Waals surface area contributed by atoms with E-state index in [2.05, 4.69) is 10.6 Å². The summed E-state index contributed by atoms with van der Waals surface area (Å²) in [5.74, 6) is 0.223. The molecule has 5 atom stereocenters. The van der Waals surface area contributed by atoms with Gasteiger partial charge in [-0.25, -0.2) is 0 Å². The van der Waals surface area contributed by atoms with Gasteiger partial charge in [-0.05, 0) is 31.2 Å². The molecule has 3 unspecified atom stereocenters. The fourth-order valence-corrected chi connectivity index (χ4v) is 5.54. The molecule has 1 aliphatic heterocycles. The summed E-state index contributed by atoms with van der Waals surface area (Å²) in [7, 11) is 3.02. The van der Waals surface area contributed by atoms with Gasteiger partial charge in [0, 0.05) is 31.6 Å². The molecule has 0 radical (unpaired) electrons. The van der Waals surface area contributed by atoms with Crippen LogP contribution in [0.15, 0.2) is 24.3 Å². The molecule has 1 saturated carbocycles. The number of para-hydroxylation sites is 1. The highest BCUT2D eigenvalue weighted by Gasteiger charge is 2.43. The summed E-state index contributed by atoms with van der Waals surface area (Å²) in [4.78, 5) is 40.6. The minimum atomic E-state index is -1.09. The number of likely N-dealkylation sites (N-methyl/N-ethyl adjacent to an activating group) is 1. The largest absolute Gasteiger partial charge is 0.496 e. The summed E-state index contributed by atoms with van der Waals surface area (Å²) in [6.07, 6.45) is 5.30. The minimum absolute atomic E-state index is 0.0385. The van der Waals surface area contributed by atoms with Crippen molar-refractivity contribution >= 4 is 17.7 Å². The molecule has 194 valence electrons. The average Bonchev–Trinajstić information content (AvgIpc) is 3.33. The second kappa shape index (κ2) is 12.4. The Morgan fingerprint density at radius 3 is 2.49 bits per heavy atom. The lowest BCUT2D eigenvalue weighted by molar-refractivity contribution is -0.140. The molecule has 1 heterocycles. The summed E-state index contributed by atoms with van der Waals surface area (Å²) in [5.41, 5.74) is 7.14. The number of amides is 3. The third kappa shape index (κ3) is 6.52. The molecular formula is C26H40N4O5. The lowest BCUT2D eigenvalue weighted by atomic mass is 9.79. The number of ether oxygens (including phenoxy) is 1. The monoisotopic (exact) mass is 488 g/mol. The van der Waals surface area contributed by atoms with E-state index >= 15 is 0 Å². The number of nitrogens with two attached hydrogens (primary N) is 1. The molecule has 3 rings (SSSR count). The average molecular weight is 489 g/mol. The molecule has 9 heteroatoms. The number of benzene rings is 1. The highest BCUT2D eigenvalue weighted by molar-refractivity contribution is 5.92. The highest BCUT2D eigenvalue weighted by atomic mass is 16.5. The number of carbonyl (C=O) groups is 3. The van der Waals surface area contributed by atoms with Crippen molar-refractivity contribution in [2.75, 3.05) is 20.7 Å². The smallest absolute Gasteiger partial charge is 0.245 e. The summed E-state index contributed by atoms with van der Waals surface area (Å²) in [5, 5.41) is 15.2. The molecular weight excluding hydrogens is 448 g/mol. The number of rotatable bonds is 9. The van der Waals surface area contributed by atoms with E-state index in [4.69, 9.17) is 10.5 Å². The van der Waals surface area contributed by atoms with Crippen LogP contribution in [0.25, 0.3) is 0 Å². The molecule has 1 aromatic carbocycles. The third-order valence-electron chi connectivity index (χ3n) is 7.51. The molecule has 0 aromatic heterocycles. The van der Waals surface area contributed by atoms with Crippen molar-refractivity contribution < 1.29 is 24.2 Å². The van der Waals surface area contributed by atoms with Crippen LogP contribution in [0.3, 0.4) is 0 Å². The lowest BCUT2D eigenvalue weighted by Gasteiger charge is -2.28. The van der Waals surface area contributed by atoms with Gasteiger partial charge in [-0.3, -0.25) is 14.4 Å². The maximum absolute atomic E-state index is 13.5. The van der Waals surface area contributed by atoms with E-state index in [-0.39, 0.29) is 18.2 Å². The summed E-state index contributed by atoms with van der Waals surface area (Å²) < 4.78 is 5.40. The number of aliphatic hydroxyl groups excluding tert-OH is 1. The SMILES string of the molecule is CNC(=O)[C@@H](NC(=O)[C@@H]1CC(C2CCCCC2)CN1C(=O)CC(N)c1ccccc1OC)C(C)O. The minimum Gasteiger partial charge on any atom is -0.496 e. The number of aliphatic hydroxyl groups is 1. The molecule has 0 spiro atoms. The van der Waals surface area contributed by atoms with Crippen LogP contribution in [0, 0.1) is 11.8 Å². The Morgan fingerprint density at radius 1 is 1.17 bits per heavy atom. The molecule has 1 aromatic rings. The quantitative estimate of drug-likeness (QED) is 0.416. The Bertz CT molecular complexity index is 886.